The van der Waals surface area contributed by atoms with E-state index in [-0.39, 0.29) is 28.2 Å². The Bertz CT molecular complexity index is 591. The van der Waals surface area contributed by atoms with Crippen molar-refractivity contribution in [3.63, 3.8) is 0 Å². The summed E-state index contributed by atoms with van der Waals surface area (Å²) in [6, 6.07) is 6.98. The molecule has 16 heavy (non-hydrogen) atoms. The molecule has 1 aliphatic rings. The maximum atomic E-state index is 8.81. The number of nitriles is 4. The Labute approximate surface area is 91.4 Å². The number of hydrogen-bond donors (Lipinski definition) is 2. The van der Waals surface area contributed by atoms with Crippen LogP contribution in [-0.4, -0.2) is 0 Å². The average molecular weight is 208 g/mol. The second-order valence-electron chi connectivity index (χ2n) is 2.71. The largest absolute Gasteiger partial charge is 0.388 e. The first-order valence-electron chi connectivity index (χ1n) is 4.01. The van der Waals surface area contributed by atoms with Gasteiger partial charge in [0.15, 0.2) is 0 Å². The lowest BCUT2D eigenvalue weighted by Crippen LogP contribution is -2.22. The van der Waals surface area contributed by atoms with Crippen molar-refractivity contribution >= 4 is 0 Å². The van der Waals surface area contributed by atoms with Gasteiger partial charge in [-0.05, 0) is 6.08 Å². The van der Waals surface area contributed by atoms with Crippen LogP contribution in [0, 0.1) is 45.3 Å². The Hall–Kier alpha value is -3.22. The molecule has 3 N–H and O–H groups in total. The lowest BCUT2D eigenvalue weighted by Gasteiger charge is -2.14. The summed E-state index contributed by atoms with van der Waals surface area (Å²) >= 11 is 0. The highest BCUT2D eigenvalue weighted by Crippen LogP contribution is 2.20. The number of hydrogen-bond acceptors (Lipinski definition) is 6. The summed E-state index contributed by atoms with van der Waals surface area (Å²) in [5.41, 5.74) is 5.27. The van der Waals surface area contributed by atoms with Gasteiger partial charge in [0.2, 0.25) is 0 Å². The molecule has 0 saturated heterocycles. The van der Waals surface area contributed by atoms with Crippen molar-refractivity contribution in [2.45, 2.75) is 0 Å². The molecule has 0 bridgehead atoms. The van der Waals surface area contributed by atoms with Gasteiger partial charge in [0.1, 0.15) is 35.7 Å². The van der Waals surface area contributed by atoms with Crippen molar-refractivity contribution in [3.8, 4) is 24.3 Å². The summed E-state index contributed by atoms with van der Waals surface area (Å²) < 4.78 is 0. The molecule has 0 aliphatic carbocycles. The minimum atomic E-state index is -0.211. The molecule has 0 spiro atoms. The Morgan fingerprint density at radius 2 is 1.81 bits per heavy atom. The van der Waals surface area contributed by atoms with Crippen molar-refractivity contribution in [1.29, 1.82) is 21.0 Å². The predicted octanol–water partition coefficient (Wildman–Crippen LogP) is 0.0347. The predicted molar refractivity (Wildman–Crippen MR) is 51.9 cm³/mol. The summed E-state index contributed by atoms with van der Waals surface area (Å²) in [6.45, 7) is 0. The summed E-state index contributed by atoms with van der Waals surface area (Å²) in [6.07, 6.45) is 1.22. The van der Waals surface area contributed by atoms with E-state index in [1.807, 2.05) is 0 Å². The van der Waals surface area contributed by atoms with Crippen LogP contribution in [-0.2, 0) is 0 Å². The summed E-state index contributed by atoms with van der Waals surface area (Å²) in [5, 5.41) is 37.4. The second kappa shape index (κ2) is 4.33. The third-order valence-electron chi connectivity index (χ3n) is 1.82. The average Bonchev–Trinajstić information content (AvgIpc) is 2.35. The lowest BCUT2D eigenvalue weighted by molar-refractivity contribution is 0.978. The van der Waals surface area contributed by atoms with Crippen LogP contribution in [0.1, 0.15) is 0 Å². The molecular formula is C10H4N6. The fraction of sp³-hybridized carbons (Fsp3) is 0. The fourth-order valence-electron chi connectivity index (χ4n) is 1.08. The van der Waals surface area contributed by atoms with Crippen LogP contribution in [0.3, 0.4) is 0 Å². The van der Waals surface area contributed by atoms with E-state index in [0.717, 1.165) is 0 Å². The Kier molecular flexibility index (Phi) is 2.94. The zero-order valence-electron chi connectivity index (χ0n) is 7.94. The van der Waals surface area contributed by atoms with Gasteiger partial charge < -0.3 is 11.1 Å². The van der Waals surface area contributed by atoms with Gasteiger partial charge in [-0.15, -0.1) is 0 Å². The molecule has 1 aliphatic heterocycles. The molecule has 1 heterocycles. The van der Waals surface area contributed by atoms with Gasteiger partial charge in [0.05, 0.1) is 16.8 Å². The van der Waals surface area contributed by atoms with Gasteiger partial charge in [0, 0.05) is 0 Å². The van der Waals surface area contributed by atoms with E-state index in [0.29, 0.717) is 0 Å². The maximum Gasteiger partial charge on any atom is 0.136 e. The minimum absolute atomic E-state index is 0.0327. The molecule has 6 heteroatoms. The molecule has 0 aromatic rings. The molecule has 74 valence electrons. The zero-order chi connectivity index (χ0) is 12.1. The van der Waals surface area contributed by atoms with Crippen LogP contribution in [0.15, 0.2) is 34.3 Å². The highest BCUT2D eigenvalue weighted by molar-refractivity contribution is 5.60. The number of nitrogens with zero attached hydrogens (tertiary/aromatic N) is 4. The summed E-state index contributed by atoms with van der Waals surface area (Å²) in [4.78, 5) is 0. The number of nitrogens with two attached hydrogens (primary N) is 1. The van der Waals surface area contributed by atoms with Gasteiger partial charge in [-0.25, -0.2) is 0 Å². The zero-order valence-corrected chi connectivity index (χ0v) is 7.94. The van der Waals surface area contributed by atoms with Crippen molar-refractivity contribution in [2.24, 2.45) is 5.73 Å². The third-order valence-corrected chi connectivity index (χ3v) is 1.82. The minimum Gasteiger partial charge on any atom is -0.388 e. The molecule has 1 rings (SSSR count). The van der Waals surface area contributed by atoms with Crippen LogP contribution >= 0.6 is 0 Å². The topological polar surface area (TPSA) is 133 Å². The van der Waals surface area contributed by atoms with Crippen LogP contribution in [0.5, 0.6) is 0 Å². The smallest absolute Gasteiger partial charge is 0.136 e. The number of nitrogens with one attached hydrogen (secondary N) is 1. The van der Waals surface area contributed by atoms with E-state index >= 15 is 0 Å². The van der Waals surface area contributed by atoms with E-state index in [9.17, 15) is 0 Å². The molecule has 6 nitrogen and oxygen atoms in total. The highest BCUT2D eigenvalue weighted by Gasteiger charge is 2.19. The third kappa shape index (κ3) is 1.68. The first-order valence-corrected chi connectivity index (χ1v) is 4.01. The highest BCUT2D eigenvalue weighted by atomic mass is 14.9. The molecule has 0 fully saturated rings. The first-order chi connectivity index (χ1) is 7.67. The van der Waals surface area contributed by atoms with Crippen molar-refractivity contribution in [1.82, 2.24) is 5.32 Å². The first kappa shape index (κ1) is 10.9. The van der Waals surface area contributed by atoms with Crippen molar-refractivity contribution in [3.05, 3.63) is 34.3 Å². The Balaban J connectivity index is 3.45. The molecule has 0 atom stereocenters. The molecule has 0 radical (unpaired) electrons. The molecule has 0 unspecified atom stereocenters. The summed E-state index contributed by atoms with van der Waals surface area (Å²) in [7, 11) is 0. The fourth-order valence-corrected chi connectivity index (χ4v) is 1.08. The summed E-state index contributed by atoms with van der Waals surface area (Å²) in [5.74, 6) is 0. The Morgan fingerprint density at radius 3 is 2.25 bits per heavy atom. The van der Waals surface area contributed by atoms with E-state index < -0.39 is 0 Å². The van der Waals surface area contributed by atoms with Crippen LogP contribution < -0.4 is 11.1 Å². The molecule has 0 aromatic heterocycles. The SMILES string of the molecule is N#CC1=CC(C#N)=C(C#N)NC1=C(N)C#N. The van der Waals surface area contributed by atoms with Gasteiger partial charge >= 0.3 is 0 Å². The van der Waals surface area contributed by atoms with Crippen LogP contribution in [0.2, 0.25) is 0 Å². The monoisotopic (exact) mass is 208 g/mol. The van der Waals surface area contributed by atoms with E-state index in [2.05, 4.69) is 5.32 Å². The van der Waals surface area contributed by atoms with Crippen molar-refractivity contribution in [2.75, 3.05) is 0 Å². The molecular weight excluding hydrogens is 204 g/mol. The standard InChI is InChI=1S/C10H4N6/c11-2-6-1-7(3-12)10(8(15)4-13)16-9(6)5-14/h1,16H,15H2. The molecule has 0 amide bonds. The lowest BCUT2D eigenvalue weighted by atomic mass is 10.0. The van der Waals surface area contributed by atoms with Gasteiger partial charge in [0.25, 0.3) is 0 Å². The van der Waals surface area contributed by atoms with E-state index in [4.69, 9.17) is 26.8 Å². The van der Waals surface area contributed by atoms with E-state index in [1.54, 1.807) is 24.3 Å². The molecule has 0 aromatic carbocycles. The maximum absolute atomic E-state index is 8.81. The van der Waals surface area contributed by atoms with Gasteiger partial charge in [-0.2, -0.15) is 21.0 Å². The Morgan fingerprint density at radius 1 is 1.12 bits per heavy atom. The second-order valence-corrected chi connectivity index (χ2v) is 2.71. The number of dihydropyridines is 1. The van der Waals surface area contributed by atoms with Crippen LogP contribution in [0.25, 0.3) is 0 Å². The molecule has 0 saturated carbocycles. The number of rotatable bonds is 0. The van der Waals surface area contributed by atoms with E-state index in [1.165, 1.54) is 6.08 Å². The van der Waals surface area contributed by atoms with Crippen LogP contribution in [0.4, 0.5) is 0 Å². The number of allylic oxidation sites excluding steroid dienone is 5. The normalized spacial score (nSPS) is 16.9. The van der Waals surface area contributed by atoms with Gasteiger partial charge in [-0.1, -0.05) is 0 Å². The van der Waals surface area contributed by atoms with Crippen molar-refractivity contribution < 1.29 is 0 Å². The quantitative estimate of drug-likeness (QED) is 0.539. The van der Waals surface area contributed by atoms with Gasteiger partial charge in [-0.3, -0.25) is 0 Å².